The standard InChI is InChI=1S/C15H23BrN2O2/c1-3-6-18(4-2)7-5-17-10-12-8-13(16)15-14(9-12)19-11-20-15/h8-9,17H,3-7,10-11H2,1-2H3. The van der Waals surface area contributed by atoms with Crippen LogP contribution >= 0.6 is 15.9 Å². The summed E-state index contributed by atoms with van der Waals surface area (Å²) in [6, 6.07) is 4.13. The van der Waals surface area contributed by atoms with Crippen molar-refractivity contribution in [1.82, 2.24) is 10.2 Å². The third kappa shape index (κ3) is 4.11. The number of rotatable bonds is 8. The third-order valence-corrected chi connectivity index (χ3v) is 4.00. The fourth-order valence-electron chi connectivity index (χ4n) is 2.34. The number of hydrogen-bond donors (Lipinski definition) is 1. The van der Waals surface area contributed by atoms with Crippen molar-refractivity contribution < 1.29 is 9.47 Å². The first-order chi connectivity index (χ1) is 9.74. The molecule has 5 heteroatoms. The lowest BCUT2D eigenvalue weighted by Gasteiger charge is -2.19. The van der Waals surface area contributed by atoms with E-state index in [1.165, 1.54) is 18.5 Å². The van der Waals surface area contributed by atoms with Gasteiger partial charge in [0.2, 0.25) is 6.79 Å². The Balaban J connectivity index is 1.78. The first kappa shape index (κ1) is 15.6. The monoisotopic (exact) mass is 342 g/mol. The molecule has 1 aromatic carbocycles. The Labute approximate surface area is 129 Å². The molecule has 0 amide bonds. The number of fused-ring (bicyclic) bond motifs is 1. The highest BCUT2D eigenvalue weighted by molar-refractivity contribution is 9.10. The van der Waals surface area contributed by atoms with Crippen molar-refractivity contribution >= 4 is 15.9 Å². The van der Waals surface area contributed by atoms with Crippen molar-refractivity contribution in [3.63, 3.8) is 0 Å². The van der Waals surface area contributed by atoms with Crippen LogP contribution in [-0.4, -0.2) is 37.9 Å². The Kier molecular flexibility index (Phi) is 6.13. The minimum Gasteiger partial charge on any atom is -0.454 e. The van der Waals surface area contributed by atoms with Crippen LogP contribution < -0.4 is 14.8 Å². The first-order valence-corrected chi connectivity index (χ1v) is 8.05. The van der Waals surface area contributed by atoms with Crippen LogP contribution in [0.5, 0.6) is 11.5 Å². The summed E-state index contributed by atoms with van der Waals surface area (Å²) in [6.07, 6.45) is 1.21. The zero-order valence-corrected chi connectivity index (χ0v) is 13.8. The molecule has 0 saturated heterocycles. The van der Waals surface area contributed by atoms with Gasteiger partial charge in [0.15, 0.2) is 11.5 Å². The van der Waals surface area contributed by atoms with E-state index in [1.807, 2.05) is 6.07 Å². The van der Waals surface area contributed by atoms with Gasteiger partial charge in [-0.3, -0.25) is 0 Å². The molecule has 0 fully saturated rings. The lowest BCUT2D eigenvalue weighted by Crippen LogP contribution is -2.32. The van der Waals surface area contributed by atoms with Gasteiger partial charge < -0.3 is 19.7 Å². The van der Waals surface area contributed by atoms with Crippen LogP contribution in [-0.2, 0) is 6.54 Å². The number of halogens is 1. The van der Waals surface area contributed by atoms with Gasteiger partial charge in [-0.15, -0.1) is 0 Å². The van der Waals surface area contributed by atoms with Crippen molar-refractivity contribution in [2.45, 2.75) is 26.8 Å². The minimum absolute atomic E-state index is 0.313. The number of ether oxygens (including phenoxy) is 2. The molecule has 1 aromatic rings. The molecule has 1 aliphatic heterocycles. The third-order valence-electron chi connectivity index (χ3n) is 3.41. The second-order valence-electron chi connectivity index (χ2n) is 4.92. The maximum absolute atomic E-state index is 5.43. The number of nitrogens with zero attached hydrogens (tertiary/aromatic N) is 1. The Hall–Kier alpha value is -0.780. The molecule has 0 spiro atoms. The quantitative estimate of drug-likeness (QED) is 0.736. The van der Waals surface area contributed by atoms with Gasteiger partial charge in [0.05, 0.1) is 4.47 Å². The Morgan fingerprint density at radius 2 is 2.10 bits per heavy atom. The SMILES string of the molecule is CCCN(CC)CCNCc1cc(Br)c2c(c1)OCO2. The van der Waals surface area contributed by atoms with Crippen molar-refractivity contribution in [3.8, 4) is 11.5 Å². The fourth-order valence-corrected chi connectivity index (χ4v) is 2.94. The summed E-state index contributed by atoms with van der Waals surface area (Å²) in [5, 5.41) is 3.48. The van der Waals surface area contributed by atoms with Crippen molar-refractivity contribution in [3.05, 3.63) is 22.2 Å². The van der Waals surface area contributed by atoms with E-state index in [-0.39, 0.29) is 0 Å². The van der Waals surface area contributed by atoms with Crippen LogP contribution in [0, 0.1) is 0 Å². The van der Waals surface area contributed by atoms with E-state index in [0.717, 1.165) is 42.2 Å². The van der Waals surface area contributed by atoms with Crippen molar-refractivity contribution in [2.75, 3.05) is 33.0 Å². The molecule has 0 radical (unpaired) electrons. The topological polar surface area (TPSA) is 33.7 Å². The van der Waals surface area contributed by atoms with Crippen LogP contribution in [0.1, 0.15) is 25.8 Å². The largest absolute Gasteiger partial charge is 0.454 e. The molecule has 2 rings (SSSR count). The Morgan fingerprint density at radius 3 is 2.85 bits per heavy atom. The number of hydrogen-bond acceptors (Lipinski definition) is 4. The highest BCUT2D eigenvalue weighted by Gasteiger charge is 2.17. The summed E-state index contributed by atoms with van der Waals surface area (Å²) in [4.78, 5) is 2.46. The van der Waals surface area contributed by atoms with E-state index in [1.54, 1.807) is 0 Å². The van der Waals surface area contributed by atoms with E-state index >= 15 is 0 Å². The molecule has 112 valence electrons. The van der Waals surface area contributed by atoms with E-state index in [4.69, 9.17) is 9.47 Å². The Morgan fingerprint density at radius 1 is 1.25 bits per heavy atom. The molecule has 1 aliphatic rings. The molecular weight excluding hydrogens is 320 g/mol. The van der Waals surface area contributed by atoms with Crippen LogP contribution in [0.15, 0.2) is 16.6 Å². The molecule has 4 nitrogen and oxygen atoms in total. The molecule has 0 atom stereocenters. The van der Waals surface area contributed by atoms with E-state index in [2.05, 4.69) is 46.1 Å². The van der Waals surface area contributed by atoms with Gasteiger partial charge in [0, 0.05) is 19.6 Å². The summed E-state index contributed by atoms with van der Waals surface area (Å²) in [7, 11) is 0. The molecule has 20 heavy (non-hydrogen) atoms. The van der Waals surface area contributed by atoms with E-state index in [0.29, 0.717) is 6.79 Å². The average molecular weight is 343 g/mol. The lowest BCUT2D eigenvalue weighted by atomic mass is 10.2. The molecule has 1 heterocycles. The van der Waals surface area contributed by atoms with E-state index < -0.39 is 0 Å². The van der Waals surface area contributed by atoms with Gasteiger partial charge in [-0.2, -0.15) is 0 Å². The summed E-state index contributed by atoms with van der Waals surface area (Å²) in [5.41, 5.74) is 1.21. The highest BCUT2D eigenvalue weighted by atomic mass is 79.9. The maximum atomic E-state index is 5.43. The molecular formula is C15H23BrN2O2. The van der Waals surface area contributed by atoms with Crippen LogP contribution in [0.25, 0.3) is 0 Å². The summed E-state index contributed by atoms with van der Waals surface area (Å²) in [5.74, 6) is 1.64. The Bertz CT molecular complexity index is 440. The zero-order valence-electron chi connectivity index (χ0n) is 12.2. The fraction of sp³-hybridized carbons (Fsp3) is 0.600. The molecule has 0 unspecified atom stereocenters. The van der Waals surface area contributed by atoms with Gasteiger partial charge in [0.1, 0.15) is 0 Å². The van der Waals surface area contributed by atoms with Crippen LogP contribution in [0.2, 0.25) is 0 Å². The number of benzene rings is 1. The molecule has 1 N–H and O–H groups in total. The van der Waals surface area contributed by atoms with Crippen LogP contribution in [0.3, 0.4) is 0 Å². The molecule has 0 aliphatic carbocycles. The van der Waals surface area contributed by atoms with E-state index in [9.17, 15) is 0 Å². The van der Waals surface area contributed by atoms with Gasteiger partial charge in [-0.1, -0.05) is 13.8 Å². The van der Waals surface area contributed by atoms with Gasteiger partial charge in [-0.05, 0) is 53.1 Å². The van der Waals surface area contributed by atoms with Gasteiger partial charge >= 0.3 is 0 Å². The predicted molar refractivity (Wildman–Crippen MR) is 84.4 cm³/mol. The maximum Gasteiger partial charge on any atom is 0.231 e. The summed E-state index contributed by atoms with van der Waals surface area (Å²) in [6.45, 7) is 9.98. The second kappa shape index (κ2) is 7.86. The summed E-state index contributed by atoms with van der Waals surface area (Å²) >= 11 is 3.52. The smallest absolute Gasteiger partial charge is 0.231 e. The number of likely N-dealkylation sites (N-methyl/N-ethyl adjacent to an activating group) is 1. The predicted octanol–water partition coefficient (Wildman–Crippen LogP) is 3.00. The van der Waals surface area contributed by atoms with Gasteiger partial charge in [-0.25, -0.2) is 0 Å². The zero-order chi connectivity index (χ0) is 14.4. The normalized spacial score (nSPS) is 13.2. The molecule has 0 aromatic heterocycles. The van der Waals surface area contributed by atoms with Crippen LogP contribution in [0.4, 0.5) is 0 Å². The number of nitrogens with one attached hydrogen (secondary N) is 1. The minimum atomic E-state index is 0.313. The molecule has 0 bridgehead atoms. The second-order valence-corrected chi connectivity index (χ2v) is 5.78. The first-order valence-electron chi connectivity index (χ1n) is 7.25. The van der Waals surface area contributed by atoms with Crippen molar-refractivity contribution in [2.24, 2.45) is 0 Å². The molecule has 0 saturated carbocycles. The van der Waals surface area contributed by atoms with Crippen molar-refractivity contribution in [1.29, 1.82) is 0 Å². The highest BCUT2D eigenvalue weighted by Crippen LogP contribution is 2.39. The lowest BCUT2D eigenvalue weighted by molar-refractivity contribution is 0.173. The summed E-state index contributed by atoms with van der Waals surface area (Å²) < 4.78 is 11.8. The average Bonchev–Trinajstić information content (AvgIpc) is 2.91. The van der Waals surface area contributed by atoms with Gasteiger partial charge in [0.25, 0.3) is 0 Å².